The minimum Gasteiger partial charge on any atom is -0.271 e. The Morgan fingerprint density at radius 2 is 2.36 bits per heavy atom. The number of rotatable bonds is 2. The van der Waals surface area contributed by atoms with E-state index in [0.29, 0.717) is 0 Å². The van der Waals surface area contributed by atoms with Gasteiger partial charge in [0, 0.05) is 12.7 Å². The zero-order valence-corrected chi connectivity index (χ0v) is 10.7. The summed E-state index contributed by atoms with van der Waals surface area (Å²) in [4.78, 5) is 1.09. The standard InChI is InChI=1S/C9H8BrClN2S/c1-2-13-5-6(10)9(12-13)7-3-4-8(11)14-7/h3-5H,2H2,1H3. The first-order chi connectivity index (χ1) is 6.70. The molecule has 0 unspecified atom stereocenters. The molecular formula is C9H8BrClN2S. The third-order valence-electron chi connectivity index (χ3n) is 1.85. The molecule has 2 rings (SSSR count). The van der Waals surface area contributed by atoms with Crippen molar-refractivity contribution >= 4 is 38.9 Å². The predicted octanol–water partition coefficient (Wildman–Crippen LogP) is 4.05. The van der Waals surface area contributed by atoms with Gasteiger partial charge < -0.3 is 0 Å². The maximum absolute atomic E-state index is 5.87. The van der Waals surface area contributed by atoms with Gasteiger partial charge >= 0.3 is 0 Å². The first kappa shape index (κ1) is 10.2. The van der Waals surface area contributed by atoms with Gasteiger partial charge in [-0.05, 0) is 35.0 Å². The largest absolute Gasteiger partial charge is 0.271 e. The molecule has 0 atom stereocenters. The molecule has 0 spiro atoms. The fourth-order valence-corrected chi connectivity index (χ4v) is 2.87. The van der Waals surface area contributed by atoms with E-state index in [2.05, 4.69) is 28.0 Å². The normalized spacial score (nSPS) is 10.8. The Bertz CT molecular complexity index is 449. The highest BCUT2D eigenvalue weighted by atomic mass is 79.9. The fraction of sp³-hybridized carbons (Fsp3) is 0.222. The van der Waals surface area contributed by atoms with Gasteiger partial charge in [-0.1, -0.05) is 11.6 Å². The van der Waals surface area contributed by atoms with Crippen LogP contribution < -0.4 is 0 Å². The van der Waals surface area contributed by atoms with Gasteiger partial charge in [0.05, 0.1) is 13.7 Å². The van der Waals surface area contributed by atoms with Crippen LogP contribution in [0.4, 0.5) is 0 Å². The van der Waals surface area contributed by atoms with Crippen LogP contribution in [-0.4, -0.2) is 9.78 Å². The smallest absolute Gasteiger partial charge is 0.116 e. The average molecular weight is 292 g/mol. The van der Waals surface area contributed by atoms with Gasteiger partial charge in [-0.2, -0.15) is 5.10 Å². The van der Waals surface area contributed by atoms with Crippen LogP contribution in [-0.2, 0) is 6.54 Å². The molecule has 2 aromatic rings. The summed E-state index contributed by atoms with van der Waals surface area (Å²) in [7, 11) is 0. The Labute approximate surface area is 99.6 Å². The second-order valence-electron chi connectivity index (χ2n) is 2.79. The summed E-state index contributed by atoms with van der Waals surface area (Å²) in [5.41, 5.74) is 0.962. The Balaban J connectivity index is 2.45. The number of nitrogens with zero attached hydrogens (tertiary/aromatic N) is 2. The van der Waals surface area contributed by atoms with Gasteiger partial charge in [0.1, 0.15) is 5.69 Å². The molecule has 0 saturated heterocycles. The molecule has 74 valence electrons. The minimum atomic E-state index is 0.790. The quantitative estimate of drug-likeness (QED) is 0.816. The van der Waals surface area contributed by atoms with Crippen molar-refractivity contribution in [2.45, 2.75) is 13.5 Å². The van der Waals surface area contributed by atoms with Crippen LogP contribution in [0.3, 0.4) is 0 Å². The van der Waals surface area contributed by atoms with Crippen molar-refractivity contribution in [1.82, 2.24) is 9.78 Å². The Morgan fingerprint density at radius 1 is 1.57 bits per heavy atom. The highest BCUT2D eigenvalue weighted by Crippen LogP contribution is 2.34. The average Bonchev–Trinajstić information content (AvgIpc) is 2.71. The highest BCUT2D eigenvalue weighted by Gasteiger charge is 2.10. The SMILES string of the molecule is CCn1cc(Br)c(-c2ccc(Cl)s2)n1. The minimum absolute atomic E-state index is 0.790. The lowest BCUT2D eigenvalue weighted by Gasteiger charge is -1.92. The molecule has 0 fully saturated rings. The van der Waals surface area contributed by atoms with Crippen LogP contribution in [0, 0.1) is 0 Å². The van der Waals surface area contributed by atoms with Crippen molar-refractivity contribution in [1.29, 1.82) is 0 Å². The van der Waals surface area contributed by atoms with Crippen molar-refractivity contribution < 1.29 is 0 Å². The molecule has 2 aromatic heterocycles. The molecule has 0 amide bonds. The molecule has 0 saturated carbocycles. The van der Waals surface area contributed by atoms with Crippen LogP contribution in [0.15, 0.2) is 22.8 Å². The molecule has 0 aliphatic carbocycles. The number of hydrogen-bond acceptors (Lipinski definition) is 2. The molecule has 0 N–H and O–H groups in total. The van der Waals surface area contributed by atoms with Gasteiger partial charge in [-0.25, -0.2) is 0 Å². The van der Waals surface area contributed by atoms with E-state index < -0.39 is 0 Å². The molecule has 0 bridgehead atoms. The topological polar surface area (TPSA) is 17.8 Å². The molecule has 2 nitrogen and oxygen atoms in total. The number of halogens is 2. The van der Waals surface area contributed by atoms with E-state index >= 15 is 0 Å². The predicted molar refractivity (Wildman–Crippen MR) is 63.9 cm³/mol. The Morgan fingerprint density at radius 3 is 2.86 bits per heavy atom. The maximum atomic E-state index is 5.87. The Kier molecular flexibility index (Phi) is 2.95. The number of thiophene rings is 1. The second kappa shape index (κ2) is 4.04. The number of hydrogen-bond donors (Lipinski definition) is 0. The van der Waals surface area contributed by atoms with E-state index in [4.69, 9.17) is 11.6 Å². The van der Waals surface area contributed by atoms with Crippen LogP contribution in [0.25, 0.3) is 10.6 Å². The molecular weight excluding hydrogens is 284 g/mol. The maximum Gasteiger partial charge on any atom is 0.116 e. The molecule has 0 aliphatic rings. The first-order valence-electron chi connectivity index (χ1n) is 4.19. The molecule has 2 heterocycles. The highest BCUT2D eigenvalue weighted by molar-refractivity contribution is 9.10. The van der Waals surface area contributed by atoms with E-state index in [1.807, 2.05) is 23.0 Å². The van der Waals surface area contributed by atoms with Gasteiger partial charge in [-0.15, -0.1) is 11.3 Å². The molecule has 5 heteroatoms. The third-order valence-corrected chi connectivity index (χ3v) is 3.67. The molecule has 14 heavy (non-hydrogen) atoms. The second-order valence-corrected chi connectivity index (χ2v) is 5.35. The molecule has 0 radical (unpaired) electrons. The summed E-state index contributed by atoms with van der Waals surface area (Å²) < 4.78 is 3.70. The van der Waals surface area contributed by atoms with Gasteiger partial charge in [-0.3, -0.25) is 4.68 Å². The van der Waals surface area contributed by atoms with Gasteiger partial charge in [0.25, 0.3) is 0 Å². The van der Waals surface area contributed by atoms with Crippen LogP contribution in [0.2, 0.25) is 4.34 Å². The zero-order valence-electron chi connectivity index (χ0n) is 7.50. The van der Waals surface area contributed by atoms with Gasteiger partial charge in [0.15, 0.2) is 0 Å². The van der Waals surface area contributed by atoms with E-state index in [0.717, 1.165) is 25.9 Å². The summed E-state index contributed by atoms with van der Waals surface area (Å²) in [5.74, 6) is 0. The first-order valence-corrected chi connectivity index (χ1v) is 6.18. The van der Waals surface area contributed by atoms with Crippen molar-refractivity contribution in [3.8, 4) is 10.6 Å². The summed E-state index contributed by atoms with van der Waals surface area (Å²) in [6, 6.07) is 3.87. The molecule has 0 aromatic carbocycles. The van der Waals surface area contributed by atoms with E-state index in [-0.39, 0.29) is 0 Å². The summed E-state index contributed by atoms with van der Waals surface area (Å²) in [6.45, 7) is 2.93. The van der Waals surface area contributed by atoms with Crippen molar-refractivity contribution in [3.63, 3.8) is 0 Å². The zero-order chi connectivity index (χ0) is 10.1. The molecule has 0 aliphatic heterocycles. The van der Waals surface area contributed by atoms with Gasteiger partial charge in [0.2, 0.25) is 0 Å². The summed E-state index contributed by atoms with van der Waals surface area (Å²) in [6.07, 6.45) is 1.98. The number of aromatic nitrogens is 2. The fourth-order valence-electron chi connectivity index (χ4n) is 1.17. The van der Waals surface area contributed by atoms with E-state index in [1.54, 1.807) is 0 Å². The van der Waals surface area contributed by atoms with Crippen LogP contribution in [0.1, 0.15) is 6.92 Å². The third kappa shape index (κ3) is 1.87. The lowest BCUT2D eigenvalue weighted by Crippen LogP contribution is -1.93. The van der Waals surface area contributed by atoms with Crippen molar-refractivity contribution in [2.24, 2.45) is 0 Å². The summed E-state index contributed by atoms with van der Waals surface area (Å²) in [5, 5.41) is 4.43. The Hall–Kier alpha value is -0.320. The lowest BCUT2D eigenvalue weighted by molar-refractivity contribution is 0.662. The van der Waals surface area contributed by atoms with Crippen molar-refractivity contribution in [3.05, 3.63) is 27.1 Å². The monoisotopic (exact) mass is 290 g/mol. The van der Waals surface area contributed by atoms with Crippen LogP contribution >= 0.6 is 38.9 Å². The lowest BCUT2D eigenvalue weighted by atomic mass is 10.3. The van der Waals surface area contributed by atoms with Crippen molar-refractivity contribution in [2.75, 3.05) is 0 Å². The van der Waals surface area contributed by atoms with E-state index in [9.17, 15) is 0 Å². The van der Waals surface area contributed by atoms with E-state index in [1.165, 1.54) is 11.3 Å². The number of aryl methyl sites for hydroxylation is 1. The van der Waals surface area contributed by atoms with Crippen LogP contribution in [0.5, 0.6) is 0 Å². The summed E-state index contributed by atoms with van der Waals surface area (Å²) >= 11 is 10.9.